The van der Waals surface area contributed by atoms with Gasteiger partial charge in [0, 0.05) is 16.5 Å². The molecule has 1 amide bonds. The molecular weight excluding hydrogens is 428 g/mol. The van der Waals surface area contributed by atoms with Crippen LogP contribution in [-0.2, 0) is 4.79 Å². The molecule has 0 bridgehead atoms. The van der Waals surface area contributed by atoms with Crippen molar-refractivity contribution < 1.29 is 23.8 Å². The number of carbonyl (C=O) groups excluding carboxylic acids is 2. The highest BCUT2D eigenvalue weighted by Gasteiger charge is 2.34. The van der Waals surface area contributed by atoms with E-state index in [0.29, 0.717) is 28.5 Å². The Morgan fingerprint density at radius 2 is 1.94 bits per heavy atom. The Labute approximate surface area is 190 Å². The summed E-state index contributed by atoms with van der Waals surface area (Å²) < 4.78 is 16.4. The molecule has 1 aliphatic rings. The Kier molecular flexibility index (Phi) is 5.88. The molecule has 2 heterocycles. The van der Waals surface area contributed by atoms with Crippen molar-refractivity contribution >= 4 is 28.7 Å². The van der Waals surface area contributed by atoms with Gasteiger partial charge in [0.2, 0.25) is 0 Å². The first-order valence-electron chi connectivity index (χ1n) is 10.1. The number of benzene rings is 2. The van der Waals surface area contributed by atoms with Gasteiger partial charge in [0.1, 0.15) is 17.2 Å². The zero-order valence-electron chi connectivity index (χ0n) is 18.6. The fraction of sp³-hybridized carbons (Fsp3) is 0.292. The molecule has 4 rings (SSSR count). The van der Waals surface area contributed by atoms with E-state index in [2.05, 4.69) is 4.98 Å². The van der Waals surface area contributed by atoms with E-state index >= 15 is 0 Å². The van der Waals surface area contributed by atoms with Crippen LogP contribution in [0.15, 0.2) is 36.4 Å². The molecule has 0 radical (unpaired) electrons. The number of carbonyl (C=O) groups is 2. The van der Waals surface area contributed by atoms with Gasteiger partial charge in [-0.25, -0.2) is 4.98 Å². The number of thiazole rings is 1. The van der Waals surface area contributed by atoms with Crippen molar-refractivity contribution in [2.45, 2.75) is 26.9 Å². The molecule has 0 spiro atoms. The van der Waals surface area contributed by atoms with Crippen LogP contribution < -0.4 is 19.1 Å². The van der Waals surface area contributed by atoms with Crippen molar-refractivity contribution in [3.05, 3.63) is 51.8 Å². The van der Waals surface area contributed by atoms with Crippen molar-refractivity contribution in [2.75, 3.05) is 25.7 Å². The van der Waals surface area contributed by atoms with Crippen LogP contribution in [0, 0.1) is 13.8 Å². The van der Waals surface area contributed by atoms with E-state index in [1.165, 1.54) is 12.0 Å². The topological polar surface area (TPSA) is 78.0 Å². The minimum atomic E-state index is -0.692. The van der Waals surface area contributed by atoms with Gasteiger partial charge in [0.25, 0.3) is 5.91 Å². The molecule has 0 fully saturated rings. The molecule has 0 aliphatic carbocycles. The van der Waals surface area contributed by atoms with E-state index in [1.54, 1.807) is 43.6 Å². The van der Waals surface area contributed by atoms with Crippen LogP contribution in [0.3, 0.4) is 0 Å². The summed E-state index contributed by atoms with van der Waals surface area (Å²) in [7, 11) is 3.04. The normalized spacial score (nSPS) is 15.2. The Balaban J connectivity index is 1.72. The molecule has 2 aromatic carbocycles. The molecule has 0 saturated carbocycles. The van der Waals surface area contributed by atoms with Crippen molar-refractivity contribution in [2.24, 2.45) is 0 Å². The van der Waals surface area contributed by atoms with E-state index in [9.17, 15) is 9.59 Å². The van der Waals surface area contributed by atoms with Crippen molar-refractivity contribution in [3.8, 4) is 28.5 Å². The largest absolute Gasteiger partial charge is 0.497 e. The summed E-state index contributed by atoms with van der Waals surface area (Å²) in [4.78, 5) is 33.4. The molecule has 0 N–H and O–H groups in total. The summed E-state index contributed by atoms with van der Waals surface area (Å²) in [6.07, 6.45) is -0.692. The average Bonchev–Trinajstić information content (AvgIpc) is 3.13. The first kappa shape index (κ1) is 21.8. The Bertz CT molecular complexity index is 1200. The van der Waals surface area contributed by atoms with Crippen molar-refractivity contribution in [1.29, 1.82) is 0 Å². The molecule has 3 aromatic rings. The maximum Gasteiger partial charge on any atom is 0.268 e. The minimum absolute atomic E-state index is 0.138. The Morgan fingerprint density at radius 1 is 1.16 bits per heavy atom. The maximum atomic E-state index is 13.2. The van der Waals surface area contributed by atoms with Crippen LogP contribution in [0.4, 0.5) is 5.69 Å². The number of hydrogen-bond donors (Lipinski definition) is 0. The first-order valence-corrected chi connectivity index (χ1v) is 11.0. The van der Waals surface area contributed by atoms with Gasteiger partial charge in [-0.15, -0.1) is 11.3 Å². The standard InChI is InChI=1S/C24H24N2O5S/c1-13-24(28)26(12-20(27)18-8-7-17(29-4)11-22(18)30-5)19-10-16(6-9-21(19)31-13)23-14(2)32-15(3)25-23/h6-11,13H,12H2,1-5H3. The number of hydrogen-bond acceptors (Lipinski definition) is 7. The summed E-state index contributed by atoms with van der Waals surface area (Å²) in [5.41, 5.74) is 2.67. The predicted octanol–water partition coefficient (Wildman–Crippen LogP) is 4.44. The number of nitrogens with zero attached hydrogens (tertiary/aromatic N) is 2. The zero-order valence-corrected chi connectivity index (χ0v) is 19.4. The highest BCUT2D eigenvalue weighted by Crippen LogP contribution is 2.39. The molecule has 1 atom stereocenters. The fourth-order valence-electron chi connectivity index (χ4n) is 3.77. The molecule has 8 heteroatoms. The average molecular weight is 453 g/mol. The number of anilines is 1. The van der Waals surface area contributed by atoms with E-state index in [1.807, 2.05) is 32.0 Å². The Hall–Kier alpha value is -3.39. The summed E-state index contributed by atoms with van der Waals surface area (Å²) in [5, 5.41) is 0.967. The van der Waals surface area contributed by atoms with Crippen LogP contribution in [0.5, 0.6) is 17.2 Å². The third kappa shape index (κ3) is 3.93. The van der Waals surface area contributed by atoms with Gasteiger partial charge in [0.05, 0.1) is 42.7 Å². The first-order chi connectivity index (χ1) is 15.3. The second-order valence-electron chi connectivity index (χ2n) is 7.49. The van der Waals surface area contributed by atoms with Crippen LogP contribution >= 0.6 is 11.3 Å². The number of rotatable bonds is 6. The van der Waals surface area contributed by atoms with Crippen LogP contribution in [0.25, 0.3) is 11.3 Å². The van der Waals surface area contributed by atoms with Crippen LogP contribution in [0.1, 0.15) is 27.2 Å². The van der Waals surface area contributed by atoms with Crippen molar-refractivity contribution in [1.82, 2.24) is 4.98 Å². The zero-order chi connectivity index (χ0) is 23.0. The van der Waals surface area contributed by atoms with Gasteiger partial charge in [-0.2, -0.15) is 0 Å². The van der Waals surface area contributed by atoms with Crippen molar-refractivity contribution in [3.63, 3.8) is 0 Å². The predicted molar refractivity (Wildman–Crippen MR) is 123 cm³/mol. The minimum Gasteiger partial charge on any atom is -0.497 e. The number of methoxy groups -OCH3 is 2. The van der Waals surface area contributed by atoms with Gasteiger partial charge < -0.3 is 14.2 Å². The second kappa shape index (κ2) is 8.63. The molecule has 1 unspecified atom stereocenters. The molecule has 1 aliphatic heterocycles. The van der Waals surface area contributed by atoms with E-state index in [4.69, 9.17) is 14.2 Å². The number of Topliss-reactive ketones (excluding diaryl/α,β-unsaturated/α-hetero) is 1. The van der Waals surface area contributed by atoms with Gasteiger partial charge in [-0.05, 0) is 51.1 Å². The smallest absolute Gasteiger partial charge is 0.268 e. The highest BCUT2D eigenvalue weighted by molar-refractivity contribution is 7.11. The lowest BCUT2D eigenvalue weighted by Gasteiger charge is -2.33. The third-order valence-corrected chi connectivity index (χ3v) is 6.24. The second-order valence-corrected chi connectivity index (χ2v) is 8.90. The van der Waals surface area contributed by atoms with Crippen LogP contribution in [0.2, 0.25) is 0 Å². The molecule has 166 valence electrons. The SMILES string of the molecule is COc1ccc(C(=O)CN2C(=O)C(C)Oc3ccc(-c4nc(C)sc4C)cc32)c(OC)c1. The van der Waals surface area contributed by atoms with Gasteiger partial charge in [-0.1, -0.05) is 0 Å². The monoisotopic (exact) mass is 452 g/mol. The number of ketones is 1. The van der Waals surface area contributed by atoms with E-state index in [-0.39, 0.29) is 18.2 Å². The maximum absolute atomic E-state index is 13.2. The lowest BCUT2D eigenvalue weighted by molar-refractivity contribution is -0.125. The third-order valence-electron chi connectivity index (χ3n) is 5.36. The van der Waals surface area contributed by atoms with Gasteiger partial charge >= 0.3 is 0 Å². The Morgan fingerprint density at radius 3 is 2.59 bits per heavy atom. The molecule has 32 heavy (non-hydrogen) atoms. The summed E-state index contributed by atoms with van der Waals surface area (Å²) >= 11 is 1.62. The molecular formula is C24H24N2O5S. The quantitative estimate of drug-likeness (QED) is 0.515. The fourth-order valence-corrected chi connectivity index (χ4v) is 4.61. The molecule has 0 saturated heterocycles. The number of ether oxygens (including phenoxy) is 3. The highest BCUT2D eigenvalue weighted by atomic mass is 32.1. The number of amides is 1. The molecule has 1 aromatic heterocycles. The van der Waals surface area contributed by atoms with Gasteiger partial charge in [-0.3, -0.25) is 14.5 Å². The summed E-state index contributed by atoms with van der Waals surface area (Å²) in [6, 6.07) is 10.6. The van der Waals surface area contributed by atoms with E-state index < -0.39 is 6.10 Å². The lowest BCUT2D eigenvalue weighted by atomic mass is 10.0. The summed E-state index contributed by atoms with van der Waals surface area (Å²) in [5.74, 6) is 1.01. The lowest BCUT2D eigenvalue weighted by Crippen LogP contribution is -2.46. The summed E-state index contributed by atoms with van der Waals surface area (Å²) in [6.45, 7) is 5.51. The molecule has 7 nitrogen and oxygen atoms in total. The van der Waals surface area contributed by atoms with Crippen LogP contribution in [-0.4, -0.2) is 43.5 Å². The number of fused-ring (bicyclic) bond motifs is 1. The number of aryl methyl sites for hydroxylation is 2. The number of aromatic nitrogens is 1. The van der Waals surface area contributed by atoms with E-state index in [0.717, 1.165) is 21.1 Å². The van der Waals surface area contributed by atoms with Gasteiger partial charge in [0.15, 0.2) is 11.9 Å².